The summed E-state index contributed by atoms with van der Waals surface area (Å²) in [5.41, 5.74) is 2.83. The Bertz CT molecular complexity index is 864. The summed E-state index contributed by atoms with van der Waals surface area (Å²) < 4.78 is 1.82. The van der Waals surface area contributed by atoms with Crippen molar-refractivity contribution in [1.29, 1.82) is 0 Å². The smallest absolute Gasteiger partial charge is 0.221 e. The average molecular weight is 350 g/mol. The van der Waals surface area contributed by atoms with Crippen LogP contribution in [0.4, 0.5) is 0 Å². The maximum atomic E-state index is 12.5. The van der Waals surface area contributed by atoms with Crippen LogP contribution in [0, 0.1) is 5.41 Å². The Morgan fingerprint density at radius 2 is 1.77 bits per heavy atom. The van der Waals surface area contributed by atoms with E-state index in [1.165, 1.54) is 5.56 Å². The van der Waals surface area contributed by atoms with Crippen LogP contribution in [0.5, 0.6) is 0 Å². The van der Waals surface area contributed by atoms with Crippen molar-refractivity contribution in [3.8, 4) is 0 Å². The molecule has 136 valence electrons. The van der Waals surface area contributed by atoms with Gasteiger partial charge < -0.3 is 5.32 Å². The zero-order valence-electron chi connectivity index (χ0n) is 15.6. The number of para-hydroxylation sites is 1. The van der Waals surface area contributed by atoms with Crippen LogP contribution in [0.15, 0.2) is 54.6 Å². The first kappa shape index (κ1) is 18.1. The van der Waals surface area contributed by atoms with Crippen LogP contribution < -0.4 is 5.32 Å². The number of hydrogen-bond acceptors (Lipinski definition) is 3. The fraction of sp³-hybridized carbons (Fsp3) is 0.381. The van der Waals surface area contributed by atoms with Crippen molar-refractivity contribution >= 4 is 16.9 Å². The summed E-state index contributed by atoms with van der Waals surface area (Å²) in [6.45, 7) is 6.29. The predicted molar refractivity (Wildman–Crippen MR) is 104 cm³/mol. The highest BCUT2D eigenvalue weighted by Crippen LogP contribution is 2.30. The molecule has 0 radical (unpaired) electrons. The van der Waals surface area contributed by atoms with E-state index in [4.69, 9.17) is 0 Å². The molecule has 1 heterocycles. The van der Waals surface area contributed by atoms with E-state index in [2.05, 4.69) is 48.5 Å². The van der Waals surface area contributed by atoms with Gasteiger partial charge in [-0.25, -0.2) is 4.68 Å². The number of rotatable bonds is 6. The lowest BCUT2D eigenvalue weighted by Crippen LogP contribution is -2.41. The largest absolute Gasteiger partial charge is 0.334 e. The zero-order chi connectivity index (χ0) is 18.6. The van der Waals surface area contributed by atoms with Crippen LogP contribution in [0.2, 0.25) is 0 Å². The van der Waals surface area contributed by atoms with E-state index in [9.17, 15) is 4.79 Å². The van der Waals surface area contributed by atoms with Gasteiger partial charge >= 0.3 is 0 Å². The molecule has 1 amide bonds. The molecular weight excluding hydrogens is 324 g/mol. The molecule has 1 aromatic heterocycles. The lowest BCUT2D eigenvalue weighted by atomic mass is 9.92. The first-order chi connectivity index (χ1) is 12.4. The minimum Gasteiger partial charge on any atom is -0.334 e. The highest BCUT2D eigenvalue weighted by atomic mass is 16.1. The van der Waals surface area contributed by atoms with E-state index >= 15 is 0 Å². The molecule has 0 fully saturated rings. The lowest BCUT2D eigenvalue weighted by molar-refractivity contribution is -0.123. The van der Waals surface area contributed by atoms with Crippen LogP contribution in [-0.2, 0) is 11.2 Å². The van der Waals surface area contributed by atoms with Gasteiger partial charge in [-0.15, -0.1) is 5.10 Å². The molecule has 0 aliphatic carbocycles. The third-order valence-electron chi connectivity index (χ3n) is 4.45. The lowest BCUT2D eigenvalue weighted by Gasteiger charge is -2.31. The van der Waals surface area contributed by atoms with Gasteiger partial charge in [-0.3, -0.25) is 4.79 Å². The third-order valence-corrected chi connectivity index (χ3v) is 4.45. The van der Waals surface area contributed by atoms with Gasteiger partial charge in [0.05, 0.1) is 5.52 Å². The highest BCUT2D eigenvalue weighted by Gasteiger charge is 2.30. The molecule has 0 saturated heterocycles. The van der Waals surface area contributed by atoms with E-state index in [0.717, 1.165) is 23.9 Å². The Kier molecular flexibility index (Phi) is 5.35. The van der Waals surface area contributed by atoms with Crippen molar-refractivity contribution in [3.63, 3.8) is 0 Å². The van der Waals surface area contributed by atoms with Crippen LogP contribution in [0.3, 0.4) is 0 Å². The minimum absolute atomic E-state index is 0.0421. The van der Waals surface area contributed by atoms with Gasteiger partial charge in [-0.05, 0) is 30.5 Å². The van der Waals surface area contributed by atoms with E-state index in [1.807, 2.05) is 47.1 Å². The molecule has 0 bridgehead atoms. The molecule has 0 spiro atoms. The summed E-state index contributed by atoms with van der Waals surface area (Å²) in [5.74, 6) is 0.0421. The predicted octanol–water partition coefficient (Wildman–Crippen LogP) is 4.12. The van der Waals surface area contributed by atoms with Gasteiger partial charge in [0.15, 0.2) is 0 Å². The number of aryl methyl sites for hydroxylation is 1. The molecule has 5 heteroatoms. The highest BCUT2D eigenvalue weighted by molar-refractivity contribution is 5.77. The summed E-state index contributed by atoms with van der Waals surface area (Å²) in [4.78, 5) is 12.5. The topological polar surface area (TPSA) is 59.8 Å². The van der Waals surface area contributed by atoms with Gasteiger partial charge in [0.25, 0.3) is 0 Å². The number of nitrogens with zero attached hydrogens (tertiary/aromatic N) is 3. The van der Waals surface area contributed by atoms with E-state index in [1.54, 1.807) is 0 Å². The molecule has 26 heavy (non-hydrogen) atoms. The summed E-state index contributed by atoms with van der Waals surface area (Å²) in [7, 11) is 0. The van der Waals surface area contributed by atoms with E-state index in [0.29, 0.717) is 6.42 Å². The molecule has 1 unspecified atom stereocenters. The Morgan fingerprint density at radius 3 is 2.50 bits per heavy atom. The van der Waals surface area contributed by atoms with Crippen molar-refractivity contribution in [2.45, 2.75) is 46.2 Å². The Labute approximate surface area is 154 Å². The number of carbonyl (C=O) groups is 1. The first-order valence-corrected chi connectivity index (χ1v) is 9.08. The fourth-order valence-electron chi connectivity index (χ4n) is 3.04. The van der Waals surface area contributed by atoms with E-state index in [-0.39, 0.29) is 17.5 Å². The fourth-order valence-corrected chi connectivity index (χ4v) is 3.04. The number of aromatic nitrogens is 3. The van der Waals surface area contributed by atoms with Crippen LogP contribution in [0.25, 0.3) is 11.0 Å². The summed E-state index contributed by atoms with van der Waals surface area (Å²) in [6.07, 6.45) is 1.97. The molecule has 3 aromatic rings. The van der Waals surface area contributed by atoms with Gasteiger partial charge in [0.1, 0.15) is 11.7 Å². The number of fused-ring (bicyclic) bond motifs is 1. The van der Waals surface area contributed by atoms with Crippen molar-refractivity contribution < 1.29 is 4.79 Å². The Morgan fingerprint density at radius 1 is 1.08 bits per heavy atom. The monoisotopic (exact) mass is 350 g/mol. The molecule has 0 saturated carbocycles. The summed E-state index contributed by atoms with van der Waals surface area (Å²) in [5, 5.41) is 11.7. The summed E-state index contributed by atoms with van der Waals surface area (Å²) in [6, 6.07) is 18.1. The number of nitrogens with one attached hydrogen (secondary N) is 1. The first-order valence-electron chi connectivity index (χ1n) is 9.08. The maximum Gasteiger partial charge on any atom is 0.221 e. The van der Waals surface area contributed by atoms with Gasteiger partial charge in [0, 0.05) is 11.8 Å². The third kappa shape index (κ3) is 4.28. The van der Waals surface area contributed by atoms with Crippen LogP contribution >= 0.6 is 0 Å². The number of benzene rings is 2. The minimum atomic E-state index is -0.251. The molecule has 5 nitrogen and oxygen atoms in total. The van der Waals surface area contributed by atoms with Crippen LogP contribution in [0.1, 0.15) is 45.3 Å². The Balaban J connectivity index is 1.68. The van der Waals surface area contributed by atoms with Gasteiger partial charge in [-0.1, -0.05) is 68.4 Å². The summed E-state index contributed by atoms with van der Waals surface area (Å²) >= 11 is 0. The molecule has 2 aromatic carbocycles. The van der Waals surface area contributed by atoms with Gasteiger partial charge in [-0.2, -0.15) is 0 Å². The second kappa shape index (κ2) is 7.68. The van der Waals surface area contributed by atoms with Crippen molar-refractivity contribution in [2.24, 2.45) is 5.41 Å². The van der Waals surface area contributed by atoms with Gasteiger partial charge in [0.2, 0.25) is 5.91 Å². The zero-order valence-corrected chi connectivity index (χ0v) is 15.6. The molecule has 0 aliphatic rings. The standard InChI is InChI=1S/C21H26N4O/c1-21(2,3)20(25-18-14-8-7-13-17(18)23-24-25)22-19(26)15-9-12-16-10-5-4-6-11-16/h4-8,10-11,13-14,20H,9,12,15H2,1-3H3,(H,22,26). The quantitative estimate of drug-likeness (QED) is 0.727. The van der Waals surface area contributed by atoms with Crippen molar-refractivity contribution in [1.82, 2.24) is 20.3 Å². The average Bonchev–Trinajstić information content (AvgIpc) is 3.03. The number of amides is 1. The molecular formula is C21H26N4O. The Hall–Kier alpha value is -2.69. The maximum absolute atomic E-state index is 12.5. The van der Waals surface area contributed by atoms with Crippen LogP contribution in [-0.4, -0.2) is 20.9 Å². The number of carbonyl (C=O) groups excluding carboxylic acids is 1. The normalized spacial score (nSPS) is 12.9. The molecule has 0 aliphatic heterocycles. The number of hydrogen-bond donors (Lipinski definition) is 1. The second-order valence-electron chi connectivity index (χ2n) is 7.70. The van der Waals surface area contributed by atoms with E-state index < -0.39 is 0 Å². The SMILES string of the molecule is CC(C)(C)C(NC(=O)CCCc1ccccc1)n1nnc2ccccc21. The second-order valence-corrected chi connectivity index (χ2v) is 7.70. The van der Waals surface area contributed by atoms with Crippen molar-refractivity contribution in [2.75, 3.05) is 0 Å². The molecule has 3 rings (SSSR count). The van der Waals surface area contributed by atoms with Crippen molar-refractivity contribution in [3.05, 3.63) is 60.2 Å². The molecule has 1 atom stereocenters. The molecule has 1 N–H and O–H groups in total.